The van der Waals surface area contributed by atoms with Gasteiger partial charge in [-0.05, 0) is 65.3 Å². The van der Waals surface area contributed by atoms with E-state index in [4.69, 9.17) is 11.6 Å². The minimum absolute atomic E-state index is 0.0375. The molecule has 0 aliphatic rings. The number of carbonyl (C=O) groups excluding carboxylic acids is 5. The first-order chi connectivity index (χ1) is 28.3. The van der Waals surface area contributed by atoms with E-state index in [1.54, 1.807) is 48.5 Å². The normalized spacial score (nSPS) is 12.5. The molecule has 4 rings (SSSR count). The highest BCUT2D eigenvalue weighted by atomic mass is 35.5. The topological polar surface area (TPSA) is 206 Å². The number of halogens is 1. The van der Waals surface area contributed by atoms with Crippen molar-refractivity contribution < 1.29 is 39.0 Å². The van der Waals surface area contributed by atoms with Crippen molar-refractivity contribution in [2.45, 2.75) is 64.3 Å². The van der Waals surface area contributed by atoms with Crippen molar-refractivity contribution >= 4 is 52.8 Å². The van der Waals surface area contributed by atoms with Crippen LogP contribution in [0.3, 0.4) is 0 Å². The van der Waals surface area contributed by atoms with Crippen molar-refractivity contribution in [1.82, 2.24) is 26.2 Å². The molecule has 4 aromatic carbocycles. The van der Waals surface area contributed by atoms with Crippen LogP contribution in [0.5, 0.6) is 5.75 Å². The van der Waals surface area contributed by atoms with Gasteiger partial charge >= 0.3 is 5.97 Å². The number of hydrogen-bond acceptors (Lipinski definition) is 8. The molecule has 0 bridgehead atoms. The van der Waals surface area contributed by atoms with E-state index in [2.05, 4.69) is 26.6 Å². The van der Waals surface area contributed by atoms with Gasteiger partial charge in [0.2, 0.25) is 29.5 Å². The molecule has 7 N–H and O–H groups in total. The largest absolute Gasteiger partial charge is 0.508 e. The molecule has 0 spiro atoms. The average molecular weight is 827 g/mol. The van der Waals surface area contributed by atoms with Gasteiger partial charge in [-0.15, -0.1) is 11.6 Å². The number of benzene rings is 4. The lowest BCUT2D eigenvalue weighted by Crippen LogP contribution is -2.54. The number of phenolic OH excluding ortho intramolecular Hbond substituents is 1. The molecular weight excluding hydrogens is 776 g/mol. The zero-order chi connectivity index (χ0) is 42.7. The smallest absolute Gasteiger partial charge is 0.326 e. The molecule has 0 aliphatic carbocycles. The SMILES string of the molecule is CC(C)C[C@H](NC(=O)[C@H](Cc1ccc(NC(=O)CCl)cc1)NC(=O)CNC(=O)CNC(=O)[C@H](Cc1ccc(O)cc1)N(Cc1ccccc1)Cc1ccccc1)C(=O)O. The van der Waals surface area contributed by atoms with Crippen LogP contribution in [0.4, 0.5) is 5.69 Å². The summed E-state index contributed by atoms with van der Waals surface area (Å²) in [6.45, 7) is 3.49. The van der Waals surface area contributed by atoms with Crippen molar-refractivity contribution in [3.8, 4) is 5.75 Å². The molecule has 0 fully saturated rings. The Morgan fingerprint density at radius 3 is 1.69 bits per heavy atom. The maximum absolute atomic E-state index is 14.0. The lowest BCUT2D eigenvalue weighted by atomic mass is 10.0. The molecule has 0 radical (unpaired) electrons. The van der Waals surface area contributed by atoms with E-state index in [1.807, 2.05) is 79.4 Å². The number of amides is 5. The van der Waals surface area contributed by atoms with Gasteiger partial charge in [0, 0.05) is 25.2 Å². The van der Waals surface area contributed by atoms with Crippen molar-refractivity contribution in [3.63, 3.8) is 0 Å². The molecule has 59 heavy (non-hydrogen) atoms. The zero-order valence-corrected chi connectivity index (χ0v) is 33.8. The third-order valence-electron chi connectivity index (χ3n) is 9.21. The van der Waals surface area contributed by atoms with Crippen LogP contribution < -0.4 is 26.6 Å². The Kier molecular flexibility index (Phi) is 17.9. The number of alkyl halides is 1. The van der Waals surface area contributed by atoms with Crippen molar-refractivity contribution in [2.24, 2.45) is 5.92 Å². The van der Waals surface area contributed by atoms with Gasteiger partial charge in [-0.3, -0.25) is 28.9 Å². The van der Waals surface area contributed by atoms with Crippen LogP contribution in [0.1, 0.15) is 42.5 Å². The molecule has 0 saturated heterocycles. The molecule has 4 aromatic rings. The summed E-state index contributed by atoms with van der Waals surface area (Å²) in [5, 5.41) is 32.5. The Hall–Kier alpha value is -6.25. The summed E-state index contributed by atoms with van der Waals surface area (Å²) < 4.78 is 0. The van der Waals surface area contributed by atoms with Crippen LogP contribution in [0, 0.1) is 5.92 Å². The summed E-state index contributed by atoms with van der Waals surface area (Å²) in [6.07, 6.45) is 0.388. The Morgan fingerprint density at radius 2 is 1.15 bits per heavy atom. The quantitative estimate of drug-likeness (QED) is 0.0576. The van der Waals surface area contributed by atoms with Crippen LogP contribution in [0.2, 0.25) is 0 Å². The van der Waals surface area contributed by atoms with Crippen LogP contribution in [0.15, 0.2) is 109 Å². The lowest BCUT2D eigenvalue weighted by Gasteiger charge is -2.31. The van der Waals surface area contributed by atoms with Crippen LogP contribution in [-0.2, 0) is 54.7 Å². The van der Waals surface area contributed by atoms with Gasteiger partial charge in [0.15, 0.2) is 0 Å². The summed E-state index contributed by atoms with van der Waals surface area (Å²) in [4.78, 5) is 79.3. The number of anilines is 1. The minimum atomic E-state index is -1.22. The molecule has 3 atom stereocenters. The zero-order valence-electron chi connectivity index (χ0n) is 33.0. The highest BCUT2D eigenvalue weighted by Crippen LogP contribution is 2.19. The van der Waals surface area contributed by atoms with Crippen LogP contribution in [-0.4, -0.2) is 87.7 Å². The monoisotopic (exact) mass is 826 g/mol. The number of rotatable bonds is 22. The molecule has 14 nitrogen and oxygen atoms in total. The second-order valence-electron chi connectivity index (χ2n) is 14.5. The number of phenols is 1. The Labute approximate surface area is 348 Å². The second kappa shape index (κ2) is 23.2. The highest BCUT2D eigenvalue weighted by molar-refractivity contribution is 6.29. The highest BCUT2D eigenvalue weighted by Gasteiger charge is 2.29. The third kappa shape index (κ3) is 15.9. The molecule has 312 valence electrons. The van der Waals surface area contributed by atoms with Crippen LogP contribution >= 0.6 is 11.6 Å². The Bertz CT molecular complexity index is 1960. The number of nitrogens with one attached hydrogen (secondary N) is 5. The van der Waals surface area contributed by atoms with Gasteiger partial charge in [0.25, 0.3) is 0 Å². The van der Waals surface area contributed by atoms with E-state index >= 15 is 0 Å². The summed E-state index contributed by atoms with van der Waals surface area (Å²) in [6, 6.07) is 29.3. The van der Waals surface area contributed by atoms with Crippen LogP contribution in [0.25, 0.3) is 0 Å². The summed E-state index contributed by atoms with van der Waals surface area (Å²) in [7, 11) is 0. The van der Waals surface area contributed by atoms with Gasteiger partial charge in [0.1, 0.15) is 23.7 Å². The number of aromatic hydroxyl groups is 1. The van der Waals surface area contributed by atoms with Crippen molar-refractivity contribution in [3.05, 3.63) is 131 Å². The van der Waals surface area contributed by atoms with Gasteiger partial charge in [-0.25, -0.2) is 4.79 Å². The predicted octanol–water partition coefficient (Wildman–Crippen LogP) is 3.76. The molecule has 15 heteroatoms. The van der Waals surface area contributed by atoms with E-state index in [1.165, 1.54) is 0 Å². The molecule has 0 heterocycles. The third-order valence-corrected chi connectivity index (χ3v) is 9.45. The van der Waals surface area contributed by atoms with E-state index in [0.29, 0.717) is 24.3 Å². The fourth-order valence-electron chi connectivity index (χ4n) is 6.26. The molecule has 0 saturated carbocycles. The molecular formula is C44H51ClN6O8. The second-order valence-corrected chi connectivity index (χ2v) is 14.8. The van der Waals surface area contributed by atoms with E-state index < -0.39 is 66.7 Å². The summed E-state index contributed by atoms with van der Waals surface area (Å²) in [5.74, 6) is -4.37. The maximum Gasteiger partial charge on any atom is 0.326 e. The van der Waals surface area contributed by atoms with Gasteiger partial charge in [0.05, 0.1) is 19.1 Å². The molecule has 0 unspecified atom stereocenters. The number of carboxylic acids is 1. The summed E-state index contributed by atoms with van der Waals surface area (Å²) >= 11 is 5.57. The number of carbonyl (C=O) groups is 6. The fraction of sp³-hybridized carbons (Fsp3) is 0.318. The van der Waals surface area contributed by atoms with Crippen molar-refractivity contribution in [2.75, 3.05) is 24.3 Å². The number of carboxylic acid groups (broad SMARTS) is 1. The van der Waals surface area contributed by atoms with Gasteiger partial charge in [-0.1, -0.05) is 98.8 Å². The Balaban J connectivity index is 1.44. The predicted molar refractivity (Wildman–Crippen MR) is 224 cm³/mol. The van der Waals surface area contributed by atoms with E-state index in [9.17, 15) is 39.0 Å². The van der Waals surface area contributed by atoms with E-state index in [0.717, 1.165) is 16.7 Å². The van der Waals surface area contributed by atoms with Crippen molar-refractivity contribution in [1.29, 1.82) is 0 Å². The average Bonchev–Trinajstić information content (AvgIpc) is 3.22. The number of nitrogens with zero attached hydrogens (tertiary/aromatic N) is 1. The summed E-state index contributed by atoms with van der Waals surface area (Å²) in [5.41, 5.74) is 3.81. The van der Waals surface area contributed by atoms with Gasteiger partial charge in [-0.2, -0.15) is 0 Å². The minimum Gasteiger partial charge on any atom is -0.508 e. The molecule has 0 aromatic heterocycles. The first-order valence-corrected chi connectivity index (χ1v) is 19.7. The fourth-order valence-corrected chi connectivity index (χ4v) is 6.32. The maximum atomic E-state index is 14.0. The standard InChI is InChI=1S/C44H51ClN6O8/c1-29(2)21-37(44(58)59)50-42(56)36(22-30-13-17-34(18-14-30)48-39(53)24-45)49-41(55)26-46-40(54)25-47-43(57)38(23-31-15-19-35(52)20-16-31)51(27-32-9-5-3-6-10-32)28-33-11-7-4-8-12-33/h3-20,29,36-38,52H,21-28H2,1-2H3,(H,46,54)(H,47,57)(H,48,53)(H,49,55)(H,50,56)(H,58,59)/t36-,37-,38-/m0/s1. The molecule has 0 aliphatic heterocycles. The Morgan fingerprint density at radius 1 is 0.610 bits per heavy atom. The first kappa shape index (κ1) is 45.5. The van der Waals surface area contributed by atoms with E-state index in [-0.39, 0.29) is 36.8 Å². The number of aliphatic carboxylic acids is 1. The molecule has 5 amide bonds. The number of hydrogen-bond donors (Lipinski definition) is 7. The lowest BCUT2D eigenvalue weighted by molar-refractivity contribution is -0.142. The van der Waals surface area contributed by atoms with Gasteiger partial charge < -0.3 is 36.8 Å². The first-order valence-electron chi connectivity index (χ1n) is 19.2.